The second kappa shape index (κ2) is 7.04. The maximum absolute atomic E-state index is 11.9. The Bertz CT molecular complexity index is 453. The van der Waals surface area contributed by atoms with Crippen molar-refractivity contribution in [3.05, 3.63) is 15.6 Å². The zero-order valence-corrected chi connectivity index (χ0v) is 12.9. The number of hydrogen-bond donors (Lipinski definition) is 3. The minimum absolute atomic E-state index is 0.108. The summed E-state index contributed by atoms with van der Waals surface area (Å²) in [6, 6.07) is 0.130. The van der Waals surface area contributed by atoms with E-state index in [2.05, 4.69) is 15.6 Å². The van der Waals surface area contributed by atoms with Crippen LogP contribution in [0.1, 0.15) is 41.3 Å². The third-order valence-corrected chi connectivity index (χ3v) is 4.92. The summed E-state index contributed by atoms with van der Waals surface area (Å²) in [5, 5.41) is 16.0. The van der Waals surface area contributed by atoms with E-state index in [0.717, 1.165) is 41.3 Å². The van der Waals surface area contributed by atoms with Crippen molar-refractivity contribution in [3.8, 4) is 0 Å². The molecule has 1 fully saturated rings. The van der Waals surface area contributed by atoms with Gasteiger partial charge in [0.05, 0.1) is 17.2 Å². The standard InChI is InChI=1S/C14H23N3O2S/c1-9-13(20-10(2)16-9)7-15-14(19)17-12-5-3-11(8-18)4-6-12/h11-12,18H,3-8H2,1-2H3,(H2,15,17,19). The Hall–Kier alpha value is -1.14. The van der Waals surface area contributed by atoms with Crippen molar-refractivity contribution >= 4 is 17.4 Å². The summed E-state index contributed by atoms with van der Waals surface area (Å²) in [5.41, 5.74) is 0.997. The minimum atomic E-state index is -0.108. The summed E-state index contributed by atoms with van der Waals surface area (Å²) in [7, 11) is 0. The average Bonchev–Trinajstić information content (AvgIpc) is 2.75. The highest BCUT2D eigenvalue weighted by molar-refractivity contribution is 7.11. The van der Waals surface area contributed by atoms with E-state index in [1.165, 1.54) is 0 Å². The van der Waals surface area contributed by atoms with Gasteiger partial charge in [-0.3, -0.25) is 0 Å². The van der Waals surface area contributed by atoms with E-state index in [4.69, 9.17) is 5.11 Å². The van der Waals surface area contributed by atoms with Gasteiger partial charge in [-0.2, -0.15) is 0 Å². The number of thiazole rings is 1. The lowest BCUT2D eigenvalue weighted by Gasteiger charge is -2.27. The highest BCUT2D eigenvalue weighted by Crippen LogP contribution is 2.23. The fourth-order valence-corrected chi connectivity index (χ4v) is 3.50. The zero-order chi connectivity index (χ0) is 14.5. The molecule has 0 radical (unpaired) electrons. The number of aliphatic hydroxyl groups is 1. The number of carbonyl (C=O) groups excluding carboxylic acids is 1. The number of aliphatic hydroxyl groups excluding tert-OH is 1. The first-order valence-corrected chi connectivity index (χ1v) is 7.98. The first kappa shape index (κ1) is 15.3. The molecular formula is C14H23N3O2S. The van der Waals surface area contributed by atoms with Gasteiger partial charge >= 0.3 is 6.03 Å². The van der Waals surface area contributed by atoms with Crippen molar-refractivity contribution in [2.45, 2.75) is 52.1 Å². The van der Waals surface area contributed by atoms with E-state index >= 15 is 0 Å². The van der Waals surface area contributed by atoms with Gasteiger partial charge in [-0.25, -0.2) is 9.78 Å². The van der Waals surface area contributed by atoms with Crippen LogP contribution in [-0.4, -0.2) is 28.8 Å². The van der Waals surface area contributed by atoms with Gasteiger partial charge in [-0.1, -0.05) is 0 Å². The van der Waals surface area contributed by atoms with Crippen LogP contribution in [0.4, 0.5) is 4.79 Å². The molecule has 0 atom stereocenters. The maximum atomic E-state index is 11.9. The number of aryl methyl sites for hydroxylation is 2. The summed E-state index contributed by atoms with van der Waals surface area (Å²) in [6.07, 6.45) is 3.90. The summed E-state index contributed by atoms with van der Waals surface area (Å²) in [4.78, 5) is 17.3. The van der Waals surface area contributed by atoms with Crippen LogP contribution in [0, 0.1) is 19.8 Å². The molecule has 0 aliphatic heterocycles. The fraction of sp³-hybridized carbons (Fsp3) is 0.714. The molecule has 2 amide bonds. The van der Waals surface area contributed by atoms with Crippen LogP contribution in [0.15, 0.2) is 0 Å². The molecule has 3 N–H and O–H groups in total. The van der Waals surface area contributed by atoms with Crippen LogP contribution in [0.25, 0.3) is 0 Å². The van der Waals surface area contributed by atoms with Crippen molar-refractivity contribution in [1.82, 2.24) is 15.6 Å². The van der Waals surface area contributed by atoms with Crippen molar-refractivity contribution in [2.75, 3.05) is 6.61 Å². The van der Waals surface area contributed by atoms with Gasteiger partial charge in [-0.05, 0) is 45.4 Å². The Morgan fingerprint density at radius 1 is 1.35 bits per heavy atom. The summed E-state index contributed by atoms with van der Waals surface area (Å²) in [6.45, 7) is 4.74. The number of rotatable bonds is 4. The largest absolute Gasteiger partial charge is 0.396 e. The number of nitrogens with zero attached hydrogens (tertiary/aromatic N) is 1. The Kier molecular flexibility index (Phi) is 5.37. The third kappa shape index (κ3) is 4.18. The van der Waals surface area contributed by atoms with Gasteiger partial charge in [0.15, 0.2) is 0 Å². The number of amides is 2. The maximum Gasteiger partial charge on any atom is 0.315 e. The van der Waals surface area contributed by atoms with E-state index in [0.29, 0.717) is 12.5 Å². The number of aromatic nitrogens is 1. The smallest absolute Gasteiger partial charge is 0.315 e. The Morgan fingerprint density at radius 3 is 2.60 bits per heavy atom. The number of hydrogen-bond acceptors (Lipinski definition) is 4. The van der Waals surface area contributed by atoms with Gasteiger partial charge in [-0.15, -0.1) is 11.3 Å². The van der Waals surface area contributed by atoms with E-state index < -0.39 is 0 Å². The van der Waals surface area contributed by atoms with Crippen LogP contribution < -0.4 is 10.6 Å². The van der Waals surface area contributed by atoms with Crippen molar-refractivity contribution in [3.63, 3.8) is 0 Å². The zero-order valence-electron chi connectivity index (χ0n) is 12.1. The first-order valence-electron chi connectivity index (χ1n) is 7.16. The van der Waals surface area contributed by atoms with E-state index in [-0.39, 0.29) is 18.7 Å². The lowest BCUT2D eigenvalue weighted by atomic mass is 9.87. The van der Waals surface area contributed by atoms with Crippen LogP contribution in [0.5, 0.6) is 0 Å². The summed E-state index contributed by atoms with van der Waals surface area (Å²) in [5.74, 6) is 0.416. The van der Waals surface area contributed by atoms with Crippen LogP contribution in [0.2, 0.25) is 0 Å². The summed E-state index contributed by atoms with van der Waals surface area (Å²) >= 11 is 1.62. The quantitative estimate of drug-likeness (QED) is 0.797. The SMILES string of the molecule is Cc1nc(C)c(CNC(=O)NC2CCC(CO)CC2)s1. The van der Waals surface area contributed by atoms with Gasteiger partial charge in [0.25, 0.3) is 0 Å². The second-order valence-corrected chi connectivity index (χ2v) is 6.76. The van der Waals surface area contributed by atoms with Crippen LogP contribution in [0.3, 0.4) is 0 Å². The van der Waals surface area contributed by atoms with Crippen LogP contribution >= 0.6 is 11.3 Å². The molecule has 112 valence electrons. The molecule has 0 saturated heterocycles. The minimum Gasteiger partial charge on any atom is -0.396 e. The molecule has 0 spiro atoms. The monoisotopic (exact) mass is 297 g/mol. The topological polar surface area (TPSA) is 74.2 Å². The lowest BCUT2D eigenvalue weighted by molar-refractivity contribution is 0.174. The molecule has 1 saturated carbocycles. The average molecular weight is 297 g/mol. The number of nitrogens with one attached hydrogen (secondary N) is 2. The predicted molar refractivity (Wildman–Crippen MR) is 79.8 cm³/mol. The first-order chi connectivity index (χ1) is 9.58. The molecule has 0 unspecified atom stereocenters. The Morgan fingerprint density at radius 2 is 2.05 bits per heavy atom. The summed E-state index contributed by atoms with van der Waals surface area (Å²) < 4.78 is 0. The molecule has 1 aliphatic carbocycles. The van der Waals surface area contributed by atoms with Crippen molar-refractivity contribution in [2.24, 2.45) is 5.92 Å². The van der Waals surface area contributed by atoms with Crippen molar-refractivity contribution < 1.29 is 9.90 Å². The van der Waals surface area contributed by atoms with Gasteiger partial charge in [0.1, 0.15) is 0 Å². The molecule has 20 heavy (non-hydrogen) atoms. The van der Waals surface area contributed by atoms with Crippen molar-refractivity contribution in [1.29, 1.82) is 0 Å². The normalized spacial score (nSPS) is 22.6. The Balaban J connectivity index is 1.72. The molecule has 1 aliphatic rings. The highest BCUT2D eigenvalue weighted by Gasteiger charge is 2.21. The molecule has 0 aromatic carbocycles. The van der Waals surface area contributed by atoms with Gasteiger partial charge < -0.3 is 15.7 Å². The molecule has 1 aromatic rings. The lowest BCUT2D eigenvalue weighted by Crippen LogP contribution is -2.43. The van der Waals surface area contributed by atoms with E-state index in [1.807, 2.05) is 13.8 Å². The molecule has 1 aromatic heterocycles. The molecule has 0 bridgehead atoms. The number of carbonyl (C=O) groups is 1. The molecule has 6 heteroatoms. The fourth-order valence-electron chi connectivity index (χ4n) is 2.62. The van der Waals surface area contributed by atoms with Crippen LogP contribution in [-0.2, 0) is 6.54 Å². The van der Waals surface area contributed by atoms with Gasteiger partial charge in [0, 0.05) is 17.5 Å². The van der Waals surface area contributed by atoms with E-state index in [9.17, 15) is 4.79 Å². The van der Waals surface area contributed by atoms with E-state index in [1.54, 1.807) is 11.3 Å². The number of urea groups is 1. The Labute approximate surface area is 123 Å². The second-order valence-electron chi connectivity index (χ2n) is 5.47. The third-order valence-electron chi connectivity index (χ3n) is 3.85. The molecular weight excluding hydrogens is 274 g/mol. The molecule has 2 rings (SSSR count). The highest BCUT2D eigenvalue weighted by atomic mass is 32.1. The van der Waals surface area contributed by atoms with Gasteiger partial charge in [0.2, 0.25) is 0 Å². The molecule has 5 nitrogen and oxygen atoms in total. The molecule has 1 heterocycles. The predicted octanol–water partition coefficient (Wildman–Crippen LogP) is 2.11.